The lowest BCUT2D eigenvalue weighted by molar-refractivity contribution is -0.238. The Labute approximate surface area is 104 Å². The molecule has 0 radical (unpaired) electrons. The van der Waals surface area contributed by atoms with Crippen molar-refractivity contribution in [3.63, 3.8) is 0 Å². The number of carbonyl (C=O) groups is 1. The standard InChI is InChI=1S/C11H18N2O5/c12-4-11-5-17-10(18-11)7(8(15)9(11)16)13-3-1-2-6(13)14/h7-10,15-16H,1-5,12H2/t7-,8?,9-,10?,11+/m1/s1. The fourth-order valence-electron chi connectivity index (χ4n) is 3.05. The van der Waals surface area contributed by atoms with E-state index < -0.39 is 30.1 Å². The Hall–Kier alpha value is -0.730. The van der Waals surface area contributed by atoms with Crippen LogP contribution in [0.3, 0.4) is 0 Å². The predicted molar refractivity (Wildman–Crippen MR) is 59.4 cm³/mol. The van der Waals surface area contributed by atoms with Crippen LogP contribution in [0.4, 0.5) is 0 Å². The van der Waals surface area contributed by atoms with Crippen molar-refractivity contribution in [2.24, 2.45) is 5.73 Å². The third-order valence-electron chi connectivity index (χ3n) is 4.15. The molecule has 0 saturated carbocycles. The molecule has 3 rings (SSSR count). The zero-order valence-electron chi connectivity index (χ0n) is 9.99. The Bertz CT molecular complexity index is 365. The first-order chi connectivity index (χ1) is 8.59. The summed E-state index contributed by atoms with van der Waals surface area (Å²) in [5.74, 6) is -0.0365. The lowest BCUT2D eigenvalue weighted by Gasteiger charge is -2.45. The zero-order valence-corrected chi connectivity index (χ0v) is 9.99. The Morgan fingerprint density at radius 3 is 2.89 bits per heavy atom. The molecule has 0 aliphatic carbocycles. The Morgan fingerprint density at radius 1 is 1.50 bits per heavy atom. The van der Waals surface area contributed by atoms with E-state index in [0.717, 1.165) is 6.42 Å². The smallest absolute Gasteiger partial charge is 0.223 e. The second-order valence-corrected chi connectivity index (χ2v) is 5.18. The van der Waals surface area contributed by atoms with Crippen LogP contribution >= 0.6 is 0 Å². The van der Waals surface area contributed by atoms with Crippen LogP contribution in [0.2, 0.25) is 0 Å². The second kappa shape index (κ2) is 4.14. The van der Waals surface area contributed by atoms with Crippen LogP contribution in [0.15, 0.2) is 0 Å². The molecule has 3 heterocycles. The average Bonchev–Trinajstić information content (AvgIpc) is 2.95. The number of carbonyl (C=O) groups excluding carboxylic acids is 1. The van der Waals surface area contributed by atoms with Crippen molar-refractivity contribution in [3.8, 4) is 0 Å². The van der Waals surface area contributed by atoms with Gasteiger partial charge < -0.3 is 30.3 Å². The third kappa shape index (κ3) is 1.52. The molecule has 18 heavy (non-hydrogen) atoms. The Morgan fingerprint density at radius 2 is 2.28 bits per heavy atom. The summed E-state index contributed by atoms with van der Waals surface area (Å²) in [5, 5.41) is 20.4. The predicted octanol–water partition coefficient (Wildman–Crippen LogP) is -2.22. The van der Waals surface area contributed by atoms with E-state index in [-0.39, 0.29) is 19.1 Å². The van der Waals surface area contributed by atoms with E-state index in [1.54, 1.807) is 4.90 Å². The van der Waals surface area contributed by atoms with Crippen molar-refractivity contribution in [1.29, 1.82) is 0 Å². The van der Waals surface area contributed by atoms with Gasteiger partial charge in [0.15, 0.2) is 6.29 Å². The van der Waals surface area contributed by atoms with Gasteiger partial charge in [-0.15, -0.1) is 0 Å². The molecule has 3 saturated heterocycles. The maximum absolute atomic E-state index is 11.7. The second-order valence-electron chi connectivity index (χ2n) is 5.18. The van der Waals surface area contributed by atoms with Crippen molar-refractivity contribution >= 4 is 5.91 Å². The Kier molecular flexibility index (Phi) is 2.83. The van der Waals surface area contributed by atoms with E-state index in [9.17, 15) is 15.0 Å². The first kappa shape index (κ1) is 12.3. The maximum Gasteiger partial charge on any atom is 0.223 e. The molecule has 3 aliphatic heterocycles. The zero-order chi connectivity index (χ0) is 12.9. The molecular weight excluding hydrogens is 240 g/mol. The number of nitrogens with zero attached hydrogens (tertiary/aromatic N) is 1. The van der Waals surface area contributed by atoms with Gasteiger partial charge in [0.1, 0.15) is 23.9 Å². The van der Waals surface area contributed by atoms with Crippen LogP contribution in [0, 0.1) is 0 Å². The van der Waals surface area contributed by atoms with E-state index in [1.807, 2.05) is 0 Å². The number of rotatable bonds is 2. The van der Waals surface area contributed by atoms with Gasteiger partial charge in [-0.25, -0.2) is 0 Å². The van der Waals surface area contributed by atoms with E-state index in [2.05, 4.69) is 0 Å². The summed E-state index contributed by atoms with van der Waals surface area (Å²) < 4.78 is 11.1. The average molecular weight is 258 g/mol. The highest BCUT2D eigenvalue weighted by molar-refractivity contribution is 5.78. The summed E-state index contributed by atoms with van der Waals surface area (Å²) in [4.78, 5) is 13.3. The first-order valence-corrected chi connectivity index (χ1v) is 6.24. The van der Waals surface area contributed by atoms with Crippen LogP contribution in [0.5, 0.6) is 0 Å². The Balaban J connectivity index is 1.87. The highest BCUT2D eigenvalue weighted by Gasteiger charge is 2.60. The molecule has 0 aromatic rings. The molecule has 7 nitrogen and oxygen atoms in total. The SMILES string of the molecule is NC[C@@]12COC(O1)[C@H](N1CCCC1=O)C(O)[C@H]2O. The normalized spacial score (nSPS) is 47.9. The summed E-state index contributed by atoms with van der Waals surface area (Å²) >= 11 is 0. The summed E-state index contributed by atoms with van der Waals surface area (Å²) in [6.07, 6.45) is -1.70. The molecule has 0 aromatic carbocycles. The van der Waals surface area contributed by atoms with Crippen molar-refractivity contribution in [2.75, 3.05) is 19.7 Å². The van der Waals surface area contributed by atoms with E-state index >= 15 is 0 Å². The van der Waals surface area contributed by atoms with Gasteiger partial charge in [-0.1, -0.05) is 0 Å². The molecule has 2 bridgehead atoms. The summed E-state index contributed by atoms with van der Waals surface area (Å²) in [6.45, 7) is 0.777. The molecule has 2 unspecified atom stereocenters. The molecule has 3 aliphatic rings. The summed E-state index contributed by atoms with van der Waals surface area (Å²) in [5.41, 5.74) is 4.56. The largest absolute Gasteiger partial charge is 0.388 e. The monoisotopic (exact) mass is 258 g/mol. The van der Waals surface area contributed by atoms with Crippen molar-refractivity contribution in [1.82, 2.24) is 4.90 Å². The van der Waals surface area contributed by atoms with E-state index in [4.69, 9.17) is 15.2 Å². The fourth-order valence-corrected chi connectivity index (χ4v) is 3.05. The minimum absolute atomic E-state index is 0.0365. The molecule has 1 amide bonds. The summed E-state index contributed by atoms with van der Waals surface area (Å²) in [7, 11) is 0. The van der Waals surface area contributed by atoms with Crippen molar-refractivity contribution in [2.45, 2.75) is 43.0 Å². The molecular formula is C11H18N2O5. The highest BCUT2D eigenvalue weighted by atomic mass is 16.7. The highest BCUT2D eigenvalue weighted by Crippen LogP contribution is 2.39. The first-order valence-electron chi connectivity index (χ1n) is 6.24. The topological polar surface area (TPSA) is 105 Å². The third-order valence-corrected chi connectivity index (χ3v) is 4.15. The van der Waals surface area contributed by atoms with Crippen LogP contribution in [-0.4, -0.2) is 70.9 Å². The number of fused-ring (bicyclic) bond motifs is 2. The maximum atomic E-state index is 11.7. The number of ether oxygens (including phenoxy) is 2. The minimum Gasteiger partial charge on any atom is -0.388 e. The lowest BCUT2D eigenvalue weighted by atomic mass is 9.87. The molecule has 102 valence electrons. The lowest BCUT2D eigenvalue weighted by Crippen LogP contribution is -2.67. The molecule has 5 atom stereocenters. The van der Waals surface area contributed by atoms with Crippen LogP contribution < -0.4 is 5.73 Å². The fraction of sp³-hybridized carbons (Fsp3) is 0.909. The number of aliphatic hydroxyl groups excluding tert-OH is 2. The van der Waals surface area contributed by atoms with E-state index in [0.29, 0.717) is 13.0 Å². The van der Waals surface area contributed by atoms with Gasteiger partial charge in [-0.3, -0.25) is 4.79 Å². The number of hydrogen-bond acceptors (Lipinski definition) is 6. The van der Waals surface area contributed by atoms with Gasteiger partial charge in [-0.05, 0) is 6.42 Å². The van der Waals surface area contributed by atoms with Gasteiger partial charge in [-0.2, -0.15) is 0 Å². The van der Waals surface area contributed by atoms with Crippen LogP contribution in [0.25, 0.3) is 0 Å². The number of amides is 1. The summed E-state index contributed by atoms with van der Waals surface area (Å²) in [6, 6.07) is -0.642. The van der Waals surface area contributed by atoms with Gasteiger partial charge in [0.25, 0.3) is 0 Å². The molecule has 7 heteroatoms. The molecule has 0 aromatic heterocycles. The van der Waals surface area contributed by atoms with Crippen molar-refractivity contribution < 1.29 is 24.5 Å². The van der Waals surface area contributed by atoms with Gasteiger partial charge in [0, 0.05) is 19.5 Å². The molecule has 4 N–H and O–H groups in total. The van der Waals surface area contributed by atoms with Crippen molar-refractivity contribution in [3.05, 3.63) is 0 Å². The van der Waals surface area contributed by atoms with Gasteiger partial charge in [0.05, 0.1) is 6.61 Å². The molecule has 3 fully saturated rings. The van der Waals surface area contributed by atoms with Crippen LogP contribution in [-0.2, 0) is 14.3 Å². The van der Waals surface area contributed by atoms with E-state index in [1.165, 1.54) is 0 Å². The van der Waals surface area contributed by atoms with Gasteiger partial charge >= 0.3 is 0 Å². The van der Waals surface area contributed by atoms with Gasteiger partial charge in [0.2, 0.25) is 5.91 Å². The molecule has 0 spiro atoms. The van der Waals surface area contributed by atoms with Crippen LogP contribution in [0.1, 0.15) is 12.8 Å². The quantitative estimate of drug-likeness (QED) is 0.518. The number of likely N-dealkylation sites (tertiary alicyclic amines) is 1. The number of aliphatic hydroxyl groups is 2. The number of nitrogens with two attached hydrogens (primary N) is 1. The number of hydrogen-bond donors (Lipinski definition) is 3. The minimum atomic E-state index is -1.14.